The van der Waals surface area contributed by atoms with Crippen molar-refractivity contribution in [2.45, 2.75) is 0 Å². The van der Waals surface area contributed by atoms with Crippen molar-refractivity contribution in [3.8, 4) is 23.1 Å². The smallest absolute Gasteiger partial charge is 0.238 e. The summed E-state index contributed by atoms with van der Waals surface area (Å²) in [5.41, 5.74) is 8.18. The number of rotatable bonds is 3. The summed E-state index contributed by atoms with van der Waals surface area (Å²) in [4.78, 5) is 16.3. The maximum absolute atomic E-state index is 5.95. The molecular formula is C17H17N5O. The van der Waals surface area contributed by atoms with Gasteiger partial charge >= 0.3 is 0 Å². The molecule has 0 spiro atoms. The number of anilines is 1. The van der Waals surface area contributed by atoms with Crippen molar-refractivity contribution >= 4 is 16.9 Å². The average Bonchev–Trinajstić information content (AvgIpc) is 3.01. The third kappa shape index (κ3) is 2.57. The van der Waals surface area contributed by atoms with E-state index in [4.69, 9.17) is 10.5 Å². The summed E-state index contributed by atoms with van der Waals surface area (Å²) in [6.45, 7) is 0. The van der Waals surface area contributed by atoms with E-state index in [1.54, 1.807) is 0 Å². The average molecular weight is 307 g/mol. The van der Waals surface area contributed by atoms with E-state index in [1.807, 2.05) is 54.6 Å². The van der Waals surface area contributed by atoms with Crippen LogP contribution >= 0.6 is 0 Å². The number of hydrogen-bond acceptors (Lipinski definition) is 5. The first-order valence-corrected chi connectivity index (χ1v) is 7.10. The quantitative estimate of drug-likeness (QED) is 0.599. The summed E-state index contributed by atoms with van der Waals surface area (Å²) in [6, 6.07) is 17.1. The lowest BCUT2D eigenvalue weighted by Crippen LogP contribution is -2.00. The van der Waals surface area contributed by atoms with E-state index in [-0.39, 0.29) is 2.85 Å². The standard InChI is InChI=1S/C17H13N5O.2H2/c18-16-15(17-20-12-8-4-5-9-13(12)21-17)22-14(10-19-16)23-11-6-2-1-3-7-11;;/h1-10H,(H2,18,19)(H,20,21);2*1H. The Bertz CT molecular complexity index is 942. The molecule has 4 rings (SSSR count). The molecule has 0 fully saturated rings. The summed E-state index contributed by atoms with van der Waals surface area (Å²) < 4.78 is 5.70. The molecule has 0 saturated heterocycles. The Morgan fingerprint density at radius 3 is 2.57 bits per heavy atom. The molecule has 6 heteroatoms. The predicted octanol–water partition coefficient (Wildman–Crippen LogP) is 3.89. The van der Waals surface area contributed by atoms with Gasteiger partial charge in [-0.15, -0.1) is 0 Å². The van der Waals surface area contributed by atoms with Gasteiger partial charge in [-0.05, 0) is 24.3 Å². The van der Waals surface area contributed by atoms with Crippen LogP contribution in [0.4, 0.5) is 5.82 Å². The predicted molar refractivity (Wildman–Crippen MR) is 92.3 cm³/mol. The number of aromatic amines is 1. The molecule has 0 saturated carbocycles. The van der Waals surface area contributed by atoms with Gasteiger partial charge in [-0.3, -0.25) is 0 Å². The topological polar surface area (TPSA) is 89.7 Å². The SMILES string of the molecule is Nc1ncc(Oc2ccccc2)nc1-c1nc2ccccc2[nH]1.[HH].[HH]. The Balaban J connectivity index is 0.00000113. The van der Waals surface area contributed by atoms with Crippen molar-refractivity contribution < 1.29 is 7.59 Å². The number of nitrogens with two attached hydrogens (primary N) is 1. The molecule has 0 aliphatic carbocycles. The molecule has 2 heterocycles. The van der Waals surface area contributed by atoms with Gasteiger partial charge in [-0.1, -0.05) is 30.3 Å². The normalized spacial score (nSPS) is 10.8. The summed E-state index contributed by atoms with van der Waals surface area (Å²) in [5.74, 6) is 1.90. The monoisotopic (exact) mass is 307 g/mol. The van der Waals surface area contributed by atoms with E-state index >= 15 is 0 Å². The molecule has 6 nitrogen and oxygen atoms in total. The molecule has 0 unspecified atom stereocenters. The van der Waals surface area contributed by atoms with Crippen LogP contribution in [0.15, 0.2) is 60.8 Å². The number of nitrogen functional groups attached to an aromatic ring is 1. The Morgan fingerprint density at radius 1 is 0.957 bits per heavy atom. The molecule has 4 aromatic rings. The van der Waals surface area contributed by atoms with Crippen LogP contribution in [0.5, 0.6) is 11.6 Å². The molecular weight excluding hydrogens is 290 g/mol. The zero-order chi connectivity index (χ0) is 15.6. The fourth-order valence-corrected chi connectivity index (χ4v) is 2.28. The number of imidazole rings is 1. The Morgan fingerprint density at radius 2 is 1.74 bits per heavy atom. The van der Waals surface area contributed by atoms with Crippen molar-refractivity contribution in [2.24, 2.45) is 0 Å². The van der Waals surface area contributed by atoms with Gasteiger partial charge in [0.15, 0.2) is 17.3 Å². The minimum absolute atomic E-state index is 0. The molecule has 0 aliphatic rings. The number of aromatic nitrogens is 4. The van der Waals surface area contributed by atoms with Crippen LogP contribution in [-0.4, -0.2) is 19.9 Å². The number of nitrogens with zero attached hydrogens (tertiary/aromatic N) is 3. The molecule has 2 aromatic carbocycles. The van der Waals surface area contributed by atoms with Crippen molar-refractivity contribution in [1.82, 2.24) is 19.9 Å². The van der Waals surface area contributed by atoms with Crippen LogP contribution in [0.3, 0.4) is 0 Å². The summed E-state index contributed by atoms with van der Waals surface area (Å²) in [7, 11) is 0. The van der Waals surface area contributed by atoms with E-state index in [0.29, 0.717) is 29.0 Å². The van der Waals surface area contributed by atoms with Gasteiger partial charge in [0.2, 0.25) is 5.88 Å². The van der Waals surface area contributed by atoms with Crippen molar-refractivity contribution in [3.05, 3.63) is 60.8 Å². The number of benzene rings is 2. The first kappa shape index (κ1) is 13.3. The third-order valence-electron chi connectivity index (χ3n) is 3.36. The largest absolute Gasteiger partial charge is 0.437 e. The van der Waals surface area contributed by atoms with Crippen LogP contribution in [0, 0.1) is 0 Å². The molecule has 0 amide bonds. The van der Waals surface area contributed by atoms with Crippen molar-refractivity contribution in [2.75, 3.05) is 5.73 Å². The zero-order valence-electron chi connectivity index (χ0n) is 12.1. The van der Waals surface area contributed by atoms with Gasteiger partial charge < -0.3 is 15.5 Å². The number of H-pyrrole nitrogens is 1. The number of fused-ring (bicyclic) bond motifs is 1. The Kier molecular flexibility index (Phi) is 3.12. The summed E-state index contributed by atoms with van der Waals surface area (Å²) in [5, 5.41) is 0. The third-order valence-corrected chi connectivity index (χ3v) is 3.36. The van der Waals surface area contributed by atoms with Crippen LogP contribution < -0.4 is 10.5 Å². The second-order valence-electron chi connectivity index (χ2n) is 4.96. The molecule has 116 valence electrons. The molecule has 23 heavy (non-hydrogen) atoms. The Hall–Kier alpha value is -3.41. The molecule has 0 atom stereocenters. The summed E-state index contributed by atoms with van der Waals surface area (Å²) >= 11 is 0. The van der Waals surface area contributed by atoms with E-state index in [2.05, 4.69) is 19.9 Å². The second-order valence-corrected chi connectivity index (χ2v) is 4.96. The maximum atomic E-state index is 5.95. The minimum atomic E-state index is 0. The van der Waals surface area contributed by atoms with Crippen LogP contribution in [0.1, 0.15) is 2.85 Å². The van der Waals surface area contributed by atoms with Crippen LogP contribution in [0.25, 0.3) is 22.6 Å². The van der Waals surface area contributed by atoms with Gasteiger partial charge in [0.1, 0.15) is 5.75 Å². The lowest BCUT2D eigenvalue weighted by atomic mass is 10.3. The van der Waals surface area contributed by atoms with Gasteiger partial charge in [0.25, 0.3) is 0 Å². The fraction of sp³-hybridized carbons (Fsp3) is 0. The second kappa shape index (κ2) is 5.42. The van der Waals surface area contributed by atoms with Gasteiger partial charge in [-0.25, -0.2) is 15.0 Å². The number of ether oxygens (including phenoxy) is 1. The number of para-hydroxylation sites is 3. The van der Waals surface area contributed by atoms with E-state index in [1.165, 1.54) is 6.20 Å². The van der Waals surface area contributed by atoms with Crippen LogP contribution in [-0.2, 0) is 0 Å². The lowest BCUT2D eigenvalue weighted by molar-refractivity contribution is 0.461. The van der Waals surface area contributed by atoms with Gasteiger partial charge in [0, 0.05) is 2.85 Å². The molecule has 2 aromatic heterocycles. The highest BCUT2D eigenvalue weighted by Crippen LogP contribution is 2.26. The minimum Gasteiger partial charge on any atom is -0.437 e. The number of nitrogens with one attached hydrogen (secondary N) is 1. The molecule has 0 radical (unpaired) electrons. The van der Waals surface area contributed by atoms with Gasteiger partial charge in [0.05, 0.1) is 17.2 Å². The Labute approximate surface area is 135 Å². The fourth-order valence-electron chi connectivity index (χ4n) is 2.28. The van der Waals surface area contributed by atoms with Crippen molar-refractivity contribution in [1.29, 1.82) is 0 Å². The summed E-state index contributed by atoms with van der Waals surface area (Å²) in [6.07, 6.45) is 1.49. The lowest BCUT2D eigenvalue weighted by Gasteiger charge is -2.06. The molecule has 0 bridgehead atoms. The van der Waals surface area contributed by atoms with E-state index in [9.17, 15) is 0 Å². The van der Waals surface area contributed by atoms with Crippen molar-refractivity contribution in [3.63, 3.8) is 0 Å². The number of hydrogen-bond donors (Lipinski definition) is 2. The highest BCUT2D eigenvalue weighted by Gasteiger charge is 2.13. The van der Waals surface area contributed by atoms with Gasteiger partial charge in [-0.2, -0.15) is 0 Å². The first-order valence-electron chi connectivity index (χ1n) is 7.10. The highest BCUT2D eigenvalue weighted by atomic mass is 16.5. The van der Waals surface area contributed by atoms with E-state index in [0.717, 1.165) is 11.0 Å². The highest BCUT2D eigenvalue weighted by molar-refractivity contribution is 5.80. The van der Waals surface area contributed by atoms with Crippen LogP contribution in [0.2, 0.25) is 0 Å². The van der Waals surface area contributed by atoms with E-state index < -0.39 is 0 Å². The molecule has 0 aliphatic heterocycles. The molecule has 3 N–H and O–H groups in total. The zero-order valence-corrected chi connectivity index (χ0v) is 12.1. The maximum Gasteiger partial charge on any atom is 0.238 e. The first-order chi connectivity index (χ1) is 11.3.